The molecule has 2 fully saturated rings. The van der Waals surface area contributed by atoms with Crippen molar-refractivity contribution in [3.63, 3.8) is 0 Å². The van der Waals surface area contributed by atoms with Gasteiger partial charge in [0, 0.05) is 31.4 Å². The predicted molar refractivity (Wildman–Crippen MR) is 64.3 cm³/mol. The van der Waals surface area contributed by atoms with E-state index in [9.17, 15) is 0 Å². The second-order valence-electron chi connectivity index (χ2n) is 5.29. The Kier molecular flexibility index (Phi) is 2.96. The molecular formula is C13H21N3. The van der Waals surface area contributed by atoms with E-state index < -0.39 is 0 Å². The molecule has 1 unspecified atom stereocenters. The van der Waals surface area contributed by atoms with E-state index in [4.69, 9.17) is 0 Å². The zero-order chi connectivity index (χ0) is 10.8. The van der Waals surface area contributed by atoms with Crippen LogP contribution in [0.4, 0.5) is 0 Å². The first kappa shape index (κ1) is 10.3. The molecule has 3 nitrogen and oxygen atoms in total. The monoisotopic (exact) mass is 219 g/mol. The lowest BCUT2D eigenvalue weighted by molar-refractivity contribution is 0.273. The minimum Gasteiger partial charge on any atom is -0.335 e. The summed E-state index contributed by atoms with van der Waals surface area (Å²) in [6, 6.07) is 0.669. The summed E-state index contributed by atoms with van der Waals surface area (Å²) in [6.07, 6.45) is 12.1. The molecule has 1 aromatic heterocycles. The van der Waals surface area contributed by atoms with Crippen molar-refractivity contribution in [3.05, 3.63) is 18.2 Å². The summed E-state index contributed by atoms with van der Waals surface area (Å²) in [7, 11) is 0. The Bertz CT molecular complexity index is 335. The van der Waals surface area contributed by atoms with Gasteiger partial charge < -0.3 is 9.88 Å². The number of aromatic nitrogens is 2. The largest absolute Gasteiger partial charge is 0.335 e. The number of hydrogen-bond donors (Lipinski definition) is 1. The normalized spacial score (nSPS) is 25.9. The average Bonchev–Trinajstić information content (AvgIpc) is 2.84. The lowest BCUT2D eigenvalue weighted by Crippen LogP contribution is -2.26. The van der Waals surface area contributed by atoms with Gasteiger partial charge in [-0.05, 0) is 38.1 Å². The van der Waals surface area contributed by atoms with Crippen LogP contribution in [0.25, 0.3) is 0 Å². The van der Waals surface area contributed by atoms with E-state index in [-0.39, 0.29) is 0 Å². The van der Waals surface area contributed by atoms with Crippen LogP contribution in [0.15, 0.2) is 12.4 Å². The molecule has 16 heavy (non-hydrogen) atoms. The summed E-state index contributed by atoms with van der Waals surface area (Å²) in [5, 5.41) is 3.55. The van der Waals surface area contributed by atoms with E-state index in [1.54, 1.807) is 0 Å². The maximum atomic E-state index is 4.51. The molecule has 1 N–H and O–H groups in total. The highest BCUT2D eigenvalue weighted by Gasteiger charge is 2.21. The molecule has 0 amide bonds. The van der Waals surface area contributed by atoms with Gasteiger partial charge in [0.25, 0.3) is 0 Å². The highest BCUT2D eigenvalue weighted by atomic mass is 15.1. The molecule has 3 heteroatoms. The number of nitrogens with one attached hydrogen (secondary N) is 1. The summed E-state index contributed by atoms with van der Waals surface area (Å²) in [5.41, 5.74) is 0. The van der Waals surface area contributed by atoms with Crippen LogP contribution >= 0.6 is 0 Å². The smallest absolute Gasteiger partial charge is 0.110 e. The van der Waals surface area contributed by atoms with Crippen LogP contribution in [-0.2, 0) is 13.0 Å². The van der Waals surface area contributed by atoms with Crippen LogP contribution in [0.1, 0.15) is 37.9 Å². The van der Waals surface area contributed by atoms with Gasteiger partial charge in [-0.15, -0.1) is 0 Å². The molecule has 1 aliphatic carbocycles. The molecule has 1 aromatic rings. The first-order valence-electron chi connectivity index (χ1n) is 6.65. The molecule has 1 atom stereocenters. The third-order valence-corrected chi connectivity index (χ3v) is 4.07. The minimum absolute atomic E-state index is 0.669. The molecule has 3 rings (SSSR count). The standard InChI is InChI=1S/C13H21N3/c1-3-11(4-1)10-16-8-7-15-13(16)9-12-5-2-6-14-12/h7-8,11-12,14H,1-6,9-10H2. The van der Waals surface area contributed by atoms with Crippen LogP contribution in [0.2, 0.25) is 0 Å². The zero-order valence-corrected chi connectivity index (χ0v) is 9.86. The van der Waals surface area contributed by atoms with Crippen molar-refractivity contribution in [2.24, 2.45) is 5.92 Å². The van der Waals surface area contributed by atoms with Gasteiger partial charge in [-0.1, -0.05) is 6.42 Å². The topological polar surface area (TPSA) is 29.9 Å². The Morgan fingerprint density at radius 1 is 1.31 bits per heavy atom. The third kappa shape index (κ3) is 2.14. The highest BCUT2D eigenvalue weighted by Crippen LogP contribution is 2.28. The van der Waals surface area contributed by atoms with Crippen molar-refractivity contribution in [1.29, 1.82) is 0 Å². The quantitative estimate of drug-likeness (QED) is 0.839. The van der Waals surface area contributed by atoms with Crippen LogP contribution in [0.5, 0.6) is 0 Å². The number of imidazole rings is 1. The minimum atomic E-state index is 0.669. The molecule has 1 saturated heterocycles. The molecule has 0 bridgehead atoms. The van der Waals surface area contributed by atoms with Gasteiger partial charge in [-0.2, -0.15) is 0 Å². The third-order valence-electron chi connectivity index (χ3n) is 4.07. The molecule has 88 valence electrons. The van der Waals surface area contributed by atoms with Gasteiger partial charge >= 0.3 is 0 Å². The Hall–Kier alpha value is -0.830. The summed E-state index contributed by atoms with van der Waals surface area (Å²) >= 11 is 0. The van der Waals surface area contributed by atoms with E-state index >= 15 is 0 Å². The van der Waals surface area contributed by atoms with Crippen LogP contribution in [0.3, 0.4) is 0 Å². The van der Waals surface area contributed by atoms with Crippen LogP contribution < -0.4 is 5.32 Å². The van der Waals surface area contributed by atoms with E-state index in [1.165, 1.54) is 51.0 Å². The second kappa shape index (κ2) is 4.58. The Balaban J connectivity index is 1.61. The maximum absolute atomic E-state index is 4.51. The van der Waals surface area contributed by atoms with Gasteiger partial charge in [0.05, 0.1) is 0 Å². The van der Waals surface area contributed by atoms with Crippen molar-refractivity contribution in [3.8, 4) is 0 Å². The maximum Gasteiger partial charge on any atom is 0.110 e. The summed E-state index contributed by atoms with van der Waals surface area (Å²) in [5.74, 6) is 2.20. The van der Waals surface area contributed by atoms with Crippen molar-refractivity contribution in [2.45, 2.75) is 51.1 Å². The van der Waals surface area contributed by atoms with Crippen molar-refractivity contribution < 1.29 is 0 Å². The van der Waals surface area contributed by atoms with Crippen LogP contribution in [-0.4, -0.2) is 22.1 Å². The molecular weight excluding hydrogens is 198 g/mol. The predicted octanol–water partition coefficient (Wildman–Crippen LogP) is 1.98. The van der Waals surface area contributed by atoms with Crippen molar-refractivity contribution in [2.75, 3.05) is 6.54 Å². The zero-order valence-electron chi connectivity index (χ0n) is 9.86. The van der Waals surface area contributed by atoms with Crippen LogP contribution in [0, 0.1) is 5.92 Å². The second-order valence-corrected chi connectivity index (χ2v) is 5.29. The summed E-state index contributed by atoms with van der Waals surface area (Å²) in [4.78, 5) is 4.51. The highest BCUT2D eigenvalue weighted by molar-refractivity contribution is 4.97. The molecule has 1 aliphatic heterocycles. The van der Waals surface area contributed by atoms with E-state index in [0.717, 1.165) is 12.3 Å². The molecule has 0 aromatic carbocycles. The van der Waals surface area contributed by atoms with E-state index in [0.29, 0.717) is 6.04 Å². The number of nitrogens with zero attached hydrogens (tertiary/aromatic N) is 2. The summed E-state index contributed by atoms with van der Waals surface area (Å²) in [6.45, 7) is 2.38. The van der Waals surface area contributed by atoms with Gasteiger partial charge in [-0.3, -0.25) is 0 Å². The molecule has 1 saturated carbocycles. The van der Waals surface area contributed by atoms with Crippen molar-refractivity contribution in [1.82, 2.24) is 14.9 Å². The lowest BCUT2D eigenvalue weighted by Gasteiger charge is -2.26. The first-order chi connectivity index (χ1) is 7.92. The Morgan fingerprint density at radius 3 is 2.94 bits per heavy atom. The van der Waals surface area contributed by atoms with E-state index in [1.807, 2.05) is 6.20 Å². The first-order valence-corrected chi connectivity index (χ1v) is 6.65. The fraction of sp³-hybridized carbons (Fsp3) is 0.769. The summed E-state index contributed by atoms with van der Waals surface area (Å²) < 4.78 is 2.38. The van der Waals surface area contributed by atoms with Gasteiger partial charge in [-0.25, -0.2) is 4.98 Å². The van der Waals surface area contributed by atoms with Gasteiger partial charge in [0.15, 0.2) is 0 Å². The average molecular weight is 219 g/mol. The van der Waals surface area contributed by atoms with Crippen molar-refractivity contribution >= 4 is 0 Å². The van der Waals surface area contributed by atoms with E-state index in [2.05, 4.69) is 21.1 Å². The fourth-order valence-electron chi connectivity index (χ4n) is 2.80. The van der Waals surface area contributed by atoms with Gasteiger partial charge in [0.2, 0.25) is 0 Å². The Morgan fingerprint density at radius 2 is 2.25 bits per heavy atom. The molecule has 0 spiro atoms. The SMILES string of the molecule is c1cn(CC2CCC2)c(CC2CCCN2)n1. The number of rotatable bonds is 4. The molecule has 2 heterocycles. The number of hydrogen-bond acceptors (Lipinski definition) is 2. The lowest BCUT2D eigenvalue weighted by atomic mass is 9.85. The Labute approximate surface area is 97.3 Å². The molecule has 0 radical (unpaired) electrons. The molecule has 2 aliphatic rings. The van der Waals surface area contributed by atoms with Gasteiger partial charge in [0.1, 0.15) is 5.82 Å². The fourth-order valence-corrected chi connectivity index (χ4v) is 2.80.